The van der Waals surface area contributed by atoms with Crippen LogP contribution in [0.1, 0.15) is 11.1 Å². The predicted octanol–water partition coefficient (Wildman–Crippen LogP) is 3.98. The summed E-state index contributed by atoms with van der Waals surface area (Å²) >= 11 is 0. The van der Waals surface area contributed by atoms with Gasteiger partial charge >= 0.3 is 6.18 Å². The first-order chi connectivity index (χ1) is 11.4. The molecular weight excluding hydrogens is 319 g/mol. The summed E-state index contributed by atoms with van der Waals surface area (Å²) in [5.74, 6) is 1.56. The molecule has 1 heterocycles. The van der Waals surface area contributed by atoms with Gasteiger partial charge in [-0.25, -0.2) is 0 Å². The zero-order valence-electron chi connectivity index (χ0n) is 13.2. The number of likely N-dealkylation sites (tertiary alicyclic amines) is 1. The van der Waals surface area contributed by atoms with Crippen LogP contribution in [-0.2, 0) is 12.7 Å². The Kier molecular flexibility index (Phi) is 4.66. The van der Waals surface area contributed by atoms with Gasteiger partial charge in [-0.1, -0.05) is 12.1 Å². The molecule has 2 aromatic carbocycles. The van der Waals surface area contributed by atoms with Crippen LogP contribution in [0.15, 0.2) is 48.5 Å². The predicted molar refractivity (Wildman–Crippen MR) is 84.1 cm³/mol. The molecule has 0 atom stereocenters. The minimum absolute atomic E-state index is 0.104. The van der Waals surface area contributed by atoms with Gasteiger partial charge in [0, 0.05) is 19.6 Å². The van der Waals surface area contributed by atoms with Crippen molar-refractivity contribution < 1.29 is 22.6 Å². The van der Waals surface area contributed by atoms with Gasteiger partial charge in [0.1, 0.15) is 17.6 Å². The molecule has 1 fully saturated rings. The first-order valence-electron chi connectivity index (χ1n) is 7.63. The first-order valence-corrected chi connectivity index (χ1v) is 7.63. The maximum atomic E-state index is 12.5. The lowest BCUT2D eigenvalue weighted by Crippen LogP contribution is -2.53. The van der Waals surface area contributed by atoms with Crippen LogP contribution in [-0.4, -0.2) is 31.2 Å². The second-order valence-electron chi connectivity index (χ2n) is 5.80. The Bertz CT molecular complexity index is 662. The summed E-state index contributed by atoms with van der Waals surface area (Å²) in [7, 11) is 1.61. The summed E-state index contributed by atoms with van der Waals surface area (Å²) in [6.45, 7) is 2.14. The molecular formula is C18H18F3NO2. The molecule has 2 aromatic rings. The number of alkyl halides is 3. The second kappa shape index (κ2) is 6.73. The summed E-state index contributed by atoms with van der Waals surface area (Å²) in [4.78, 5) is 2.14. The minimum atomic E-state index is -4.29. The molecule has 0 radical (unpaired) electrons. The van der Waals surface area contributed by atoms with Gasteiger partial charge in [-0.15, -0.1) is 0 Å². The highest BCUT2D eigenvalue weighted by atomic mass is 19.4. The van der Waals surface area contributed by atoms with Crippen molar-refractivity contribution in [2.24, 2.45) is 0 Å². The quantitative estimate of drug-likeness (QED) is 0.824. The summed E-state index contributed by atoms with van der Waals surface area (Å²) < 4.78 is 48.5. The van der Waals surface area contributed by atoms with E-state index >= 15 is 0 Å². The molecule has 3 nitrogen and oxygen atoms in total. The highest BCUT2D eigenvalue weighted by Gasteiger charge is 2.31. The molecule has 0 aliphatic carbocycles. The zero-order chi connectivity index (χ0) is 17.2. The van der Waals surface area contributed by atoms with Crippen LogP contribution in [0.25, 0.3) is 0 Å². The molecule has 0 spiro atoms. The molecule has 1 saturated heterocycles. The second-order valence-corrected chi connectivity index (χ2v) is 5.80. The van der Waals surface area contributed by atoms with Crippen LogP contribution in [0, 0.1) is 0 Å². The number of nitrogens with zero attached hydrogens (tertiary/aromatic N) is 1. The highest BCUT2D eigenvalue weighted by molar-refractivity contribution is 5.31. The minimum Gasteiger partial charge on any atom is -0.497 e. The molecule has 0 saturated carbocycles. The number of rotatable bonds is 5. The van der Waals surface area contributed by atoms with Crippen molar-refractivity contribution in [1.29, 1.82) is 0 Å². The van der Waals surface area contributed by atoms with Gasteiger partial charge in [-0.3, -0.25) is 4.90 Å². The van der Waals surface area contributed by atoms with Gasteiger partial charge in [0.15, 0.2) is 0 Å². The van der Waals surface area contributed by atoms with E-state index in [1.807, 2.05) is 24.3 Å². The third kappa shape index (κ3) is 4.00. The van der Waals surface area contributed by atoms with E-state index in [9.17, 15) is 13.2 Å². The maximum Gasteiger partial charge on any atom is 0.416 e. The van der Waals surface area contributed by atoms with Crippen LogP contribution in [0.4, 0.5) is 13.2 Å². The van der Waals surface area contributed by atoms with Crippen molar-refractivity contribution in [3.63, 3.8) is 0 Å². The topological polar surface area (TPSA) is 21.7 Å². The molecule has 128 valence electrons. The van der Waals surface area contributed by atoms with Crippen molar-refractivity contribution in [3.05, 3.63) is 59.7 Å². The van der Waals surface area contributed by atoms with Gasteiger partial charge in [-0.05, 0) is 42.0 Å². The van der Waals surface area contributed by atoms with Crippen molar-refractivity contribution >= 4 is 0 Å². The largest absolute Gasteiger partial charge is 0.497 e. The average molecular weight is 337 g/mol. The van der Waals surface area contributed by atoms with Crippen molar-refractivity contribution in [2.45, 2.75) is 18.8 Å². The molecule has 0 aromatic heterocycles. The Morgan fingerprint density at radius 2 is 1.54 bits per heavy atom. The normalized spacial score (nSPS) is 15.8. The third-order valence-corrected chi connectivity index (χ3v) is 3.97. The van der Waals surface area contributed by atoms with E-state index in [-0.39, 0.29) is 6.10 Å². The van der Waals surface area contributed by atoms with E-state index in [0.717, 1.165) is 42.3 Å². The summed E-state index contributed by atoms with van der Waals surface area (Å²) in [6.07, 6.45) is -4.18. The van der Waals surface area contributed by atoms with E-state index in [1.54, 1.807) is 7.11 Å². The fraction of sp³-hybridized carbons (Fsp3) is 0.333. The molecule has 0 N–H and O–H groups in total. The molecule has 6 heteroatoms. The lowest BCUT2D eigenvalue weighted by atomic mass is 10.1. The lowest BCUT2D eigenvalue weighted by Gasteiger charge is -2.39. The molecule has 24 heavy (non-hydrogen) atoms. The van der Waals surface area contributed by atoms with E-state index in [4.69, 9.17) is 9.47 Å². The van der Waals surface area contributed by atoms with Gasteiger partial charge in [0.25, 0.3) is 0 Å². The fourth-order valence-corrected chi connectivity index (χ4v) is 2.63. The summed E-state index contributed by atoms with van der Waals surface area (Å²) in [5, 5.41) is 0. The molecule has 0 bridgehead atoms. The number of methoxy groups -OCH3 is 1. The number of benzene rings is 2. The molecule has 1 aliphatic heterocycles. The van der Waals surface area contributed by atoms with Crippen LogP contribution in [0.5, 0.6) is 11.5 Å². The number of halogens is 3. The van der Waals surface area contributed by atoms with Crippen LogP contribution in [0.3, 0.4) is 0 Å². The van der Waals surface area contributed by atoms with E-state index in [1.165, 1.54) is 12.1 Å². The van der Waals surface area contributed by atoms with E-state index < -0.39 is 11.7 Å². The van der Waals surface area contributed by atoms with E-state index in [0.29, 0.717) is 6.54 Å². The van der Waals surface area contributed by atoms with Gasteiger partial charge in [0.2, 0.25) is 0 Å². The molecule has 0 unspecified atom stereocenters. The molecule has 0 amide bonds. The smallest absolute Gasteiger partial charge is 0.416 e. The standard InChI is InChI=1S/C18H18F3NO2/c1-23-15-6-8-16(9-7-15)24-17-11-22(12-17)10-13-2-4-14(5-3-13)18(19,20)21/h2-9,17H,10-12H2,1H3. The van der Waals surface area contributed by atoms with Crippen molar-refractivity contribution in [3.8, 4) is 11.5 Å². The van der Waals surface area contributed by atoms with Crippen molar-refractivity contribution in [2.75, 3.05) is 20.2 Å². The Morgan fingerprint density at radius 1 is 0.958 bits per heavy atom. The monoisotopic (exact) mass is 337 g/mol. The van der Waals surface area contributed by atoms with Crippen LogP contribution in [0.2, 0.25) is 0 Å². The van der Waals surface area contributed by atoms with Gasteiger partial charge < -0.3 is 9.47 Å². The summed E-state index contributed by atoms with van der Waals surface area (Å²) in [5.41, 5.74) is 0.251. The number of hydrogen-bond acceptors (Lipinski definition) is 3. The number of ether oxygens (including phenoxy) is 2. The van der Waals surface area contributed by atoms with E-state index in [2.05, 4.69) is 4.90 Å². The Labute approximate surface area is 138 Å². The maximum absolute atomic E-state index is 12.5. The van der Waals surface area contributed by atoms with Crippen molar-refractivity contribution in [1.82, 2.24) is 4.90 Å². The van der Waals surface area contributed by atoms with Crippen LogP contribution >= 0.6 is 0 Å². The molecule has 1 aliphatic rings. The Hall–Kier alpha value is -2.21. The number of hydrogen-bond donors (Lipinski definition) is 0. The highest BCUT2D eigenvalue weighted by Crippen LogP contribution is 2.29. The van der Waals surface area contributed by atoms with Gasteiger partial charge in [-0.2, -0.15) is 13.2 Å². The lowest BCUT2D eigenvalue weighted by molar-refractivity contribution is -0.137. The zero-order valence-corrected chi connectivity index (χ0v) is 13.2. The Balaban J connectivity index is 1.46. The average Bonchev–Trinajstić information content (AvgIpc) is 2.53. The summed E-state index contributed by atoms with van der Waals surface area (Å²) in [6, 6.07) is 12.7. The van der Waals surface area contributed by atoms with Gasteiger partial charge in [0.05, 0.1) is 12.7 Å². The molecule has 3 rings (SSSR count). The first kappa shape index (κ1) is 16.6. The fourth-order valence-electron chi connectivity index (χ4n) is 2.63. The SMILES string of the molecule is COc1ccc(OC2CN(Cc3ccc(C(F)(F)F)cc3)C2)cc1. The third-order valence-electron chi connectivity index (χ3n) is 3.97. The van der Waals surface area contributed by atoms with Crippen LogP contribution < -0.4 is 9.47 Å². The Morgan fingerprint density at radius 3 is 2.08 bits per heavy atom.